The summed E-state index contributed by atoms with van der Waals surface area (Å²) in [4.78, 5) is 60.6. The molecule has 166 valence electrons. The summed E-state index contributed by atoms with van der Waals surface area (Å²) in [6, 6.07) is 0. The minimum absolute atomic E-state index is 0.171. The maximum Gasteiger partial charge on any atom is 0.490 e. The average Bonchev–Trinajstić information content (AvgIpc) is 2.86. The van der Waals surface area contributed by atoms with E-state index < -0.39 is 59.8 Å². The van der Waals surface area contributed by atoms with Crippen LogP contribution < -0.4 is 11.2 Å². The minimum atomic E-state index is -5.67. The van der Waals surface area contributed by atoms with Crippen LogP contribution in [0, 0.1) is 6.92 Å². The number of aliphatic hydroxyl groups excluding tert-OH is 1. The van der Waals surface area contributed by atoms with Crippen molar-refractivity contribution >= 4 is 23.5 Å². The van der Waals surface area contributed by atoms with Gasteiger partial charge in [0.25, 0.3) is 5.56 Å². The van der Waals surface area contributed by atoms with Gasteiger partial charge in [0.15, 0.2) is 0 Å². The van der Waals surface area contributed by atoms with Gasteiger partial charge in [-0.15, -0.1) is 0 Å². The van der Waals surface area contributed by atoms with E-state index in [0.29, 0.717) is 0 Å². The second-order valence-electron chi connectivity index (χ2n) is 5.80. The van der Waals surface area contributed by atoms with Crippen molar-refractivity contribution in [3.63, 3.8) is 0 Å². The molecule has 29 heavy (non-hydrogen) atoms. The van der Waals surface area contributed by atoms with Crippen molar-refractivity contribution in [3.8, 4) is 0 Å². The molecule has 16 nitrogen and oxygen atoms in total. The summed E-state index contributed by atoms with van der Waals surface area (Å²) in [6.07, 6.45) is -2.67. The summed E-state index contributed by atoms with van der Waals surface area (Å²) >= 11 is 0. The van der Waals surface area contributed by atoms with Crippen LogP contribution in [0.1, 0.15) is 18.2 Å². The van der Waals surface area contributed by atoms with Crippen LogP contribution in [0.5, 0.6) is 0 Å². The standard InChI is InChI=1S/C10H17N2O14P3/c1-5-3-12(10(15)11-9(5)14)8-2-6(13)7(24-8)4-23-28(19,20)26-29(21,22)25-27(16,17)18/h3,6-8,13H,2,4H2,1H3,(H,19,20)(H,21,22)(H,11,14,15)(H2,16,17,18)/t6-,7+,8+/m0/s1/i1+1,2+1,3+1,4+1,5+1,6+1,7+1,8+1,9+1,10+1,11+1,12+1. The first kappa shape index (κ1) is 24.3. The SMILES string of the molecule is [13CH3][13c]1[13cH][15n]([13C@H]2[13CH2][13C@H](O)[13C@@H]([13CH2]OP(=O)(O)OP(=O)(O)OP(=O)(O)O)O2)[13c](=O)[15nH][13c]1=O. The Morgan fingerprint density at radius 2 is 1.79 bits per heavy atom. The molecule has 5 atom stereocenters. The molecular weight excluding hydrogens is 477 g/mol. The Labute approximate surface area is 161 Å². The Kier molecular flexibility index (Phi) is 7.23. The van der Waals surface area contributed by atoms with E-state index >= 15 is 0 Å². The van der Waals surface area contributed by atoms with Crippen LogP contribution >= 0.6 is 23.5 Å². The van der Waals surface area contributed by atoms with Crippen molar-refractivity contribution < 1.29 is 56.3 Å². The molecule has 0 amide bonds. The second kappa shape index (κ2) is 8.63. The molecule has 2 rings (SSSR count). The van der Waals surface area contributed by atoms with Crippen molar-refractivity contribution in [2.45, 2.75) is 31.8 Å². The van der Waals surface area contributed by atoms with Gasteiger partial charge in [-0.2, -0.15) is 8.62 Å². The zero-order chi connectivity index (χ0) is 22.2. The highest BCUT2D eigenvalue weighted by Crippen LogP contribution is 2.66. The minimum Gasteiger partial charge on any atom is -0.390 e. The summed E-state index contributed by atoms with van der Waals surface area (Å²) in [6.45, 7) is 0.547. The quantitative estimate of drug-likeness (QED) is 0.184. The number of hydrogen-bond donors (Lipinski definition) is 6. The third-order valence-corrected chi connectivity index (χ3v) is 7.28. The van der Waals surface area contributed by atoms with Gasteiger partial charge in [0.1, 0.15) is 12.3 Å². The van der Waals surface area contributed by atoms with E-state index in [4.69, 9.17) is 19.4 Å². The van der Waals surface area contributed by atoms with Gasteiger partial charge in [0.05, 0.1) is 12.7 Å². The van der Waals surface area contributed by atoms with E-state index in [1.54, 1.807) is 0 Å². The Morgan fingerprint density at radius 3 is 2.38 bits per heavy atom. The molecule has 0 radical (unpaired) electrons. The van der Waals surface area contributed by atoms with Crippen molar-refractivity contribution in [3.05, 3.63) is 32.6 Å². The molecule has 2 heterocycles. The number of H-pyrrole nitrogens is 1. The number of ether oxygens (including phenoxy) is 1. The smallest absolute Gasteiger partial charge is 0.390 e. The fraction of sp³-hybridized carbons (Fsp3) is 0.600. The third-order valence-electron chi connectivity index (χ3n) is 3.48. The predicted molar refractivity (Wildman–Crippen MR) is 90.4 cm³/mol. The summed E-state index contributed by atoms with van der Waals surface area (Å²) in [5.41, 5.74) is -1.26. The van der Waals surface area contributed by atoms with Gasteiger partial charge in [-0.1, -0.05) is 0 Å². The molecule has 0 saturated carbocycles. The topological polar surface area (TPSA) is 244 Å². The number of phosphoric ester groups is 1. The molecule has 1 aliphatic heterocycles. The van der Waals surface area contributed by atoms with Crippen LogP contribution in [0.25, 0.3) is 0 Å². The highest BCUT2D eigenvalue weighted by molar-refractivity contribution is 7.66. The summed E-state index contributed by atoms with van der Waals surface area (Å²) in [5.74, 6) is 0. The number of aromatic nitrogens is 2. The van der Waals surface area contributed by atoms with Crippen molar-refractivity contribution in [1.82, 2.24) is 9.55 Å². The van der Waals surface area contributed by atoms with Gasteiger partial charge >= 0.3 is 29.2 Å². The lowest BCUT2D eigenvalue weighted by atomic mass is 11.1. The second-order valence-corrected chi connectivity index (χ2v) is 10.2. The van der Waals surface area contributed by atoms with E-state index in [1.807, 2.05) is 4.98 Å². The fourth-order valence-corrected chi connectivity index (χ4v) is 5.34. The Balaban J connectivity index is 2.03. The predicted octanol–water partition coefficient (Wildman–Crippen LogP) is -1.16. The largest absolute Gasteiger partial charge is 0.490 e. The highest BCUT2D eigenvalue weighted by Gasteiger charge is 2.42. The van der Waals surface area contributed by atoms with Gasteiger partial charge in [-0.3, -0.25) is 18.9 Å². The summed E-state index contributed by atoms with van der Waals surface area (Å²) in [5, 5.41) is 9.98. The lowest BCUT2D eigenvalue weighted by Crippen LogP contribution is -2.33. The first-order valence-electron chi connectivity index (χ1n) is 7.52. The number of nitrogens with one attached hydrogen (secondary N) is 1. The normalized spacial score (nSPS) is 26.8. The molecule has 1 aromatic heterocycles. The van der Waals surface area contributed by atoms with E-state index in [9.17, 15) is 33.3 Å². The number of rotatable bonds is 8. The van der Waals surface area contributed by atoms with Crippen LogP contribution in [0.2, 0.25) is 0 Å². The Hall–Kier alpha value is -0.990. The molecule has 1 aromatic rings. The molecular formula is C10H17N2O14P3. The van der Waals surface area contributed by atoms with Crippen molar-refractivity contribution in [1.29, 1.82) is 0 Å². The average molecular weight is 494 g/mol. The number of nitrogens with zero attached hydrogens (tertiary/aromatic N) is 1. The molecule has 1 fully saturated rings. The number of aliphatic hydroxyl groups is 1. The van der Waals surface area contributed by atoms with Crippen molar-refractivity contribution in [2.24, 2.45) is 0 Å². The Bertz CT molecular complexity index is 1010. The number of aryl methyl sites for hydroxylation is 1. The molecule has 0 bridgehead atoms. The zero-order valence-electron chi connectivity index (χ0n) is 14.4. The molecule has 19 heteroatoms. The first-order chi connectivity index (χ1) is 13.1. The van der Waals surface area contributed by atoms with E-state index in [-0.39, 0.29) is 12.0 Å². The van der Waals surface area contributed by atoms with Gasteiger partial charge in [-0.05, 0) is 6.92 Å². The van der Waals surface area contributed by atoms with Gasteiger partial charge in [0.2, 0.25) is 0 Å². The molecule has 1 aliphatic rings. The highest BCUT2D eigenvalue weighted by atomic mass is 31.3. The van der Waals surface area contributed by atoms with E-state index in [0.717, 1.165) is 4.57 Å². The summed E-state index contributed by atoms with van der Waals surface area (Å²) < 4.78 is 51.3. The number of hydrogen-bond acceptors (Lipinski definition) is 10. The molecule has 1 saturated heterocycles. The first-order valence-corrected chi connectivity index (χ1v) is 12.0. The van der Waals surface area contributed by atoms with Crippen LogP contribution in [0.15, 0.2) is 15.8 Å². The van der Waals surface area contributed by atoms with Crippen LogP contribution in [-0.2, 0) is 31.6 Å². The number of aromatic amines is 1. The third kappa shape index (κ3) is 7.03. The van der Waals surface area contributed by atoms with Crippen LogP contribution in [0.4, 0.5) is 0 Å². The van der Waals surface area contributed by atoms with Crippen molar-refractivity contribution in [2.75, 3.05) is 6.61 Å². The summed E-state index contributed by atoms with van der Waals surface area (Å²) in [7, 11) is -16.6. The molecule has 6 N–H and O–H groups in total. The van der Waals surface area contributed by atoms with Gasteiger partial charge in [0, 0.05) is 18.2 Å². The van der Waals surface area contributed by atoms with E-state index in [1.165, 1.54) is 13.1 Å². The molecule has 0 aromatic carbocycles. The lowest BCUT2D eigenvalue weighted by Gasteiger charge is -2.19. The van der Waals surface area contributed by atoms with Crippen LogP contribution in [0.3, 0.4) is 0 Å². The Morgan fingerprint density at radius 1 is 1.17 bits per heavy atom. The maximum atomic E-state index is 11.9. The molecule has 2 unspecified atom stereocenters. The van der Waals surface area contributed by atoms with E-state index in [2.05, 4.69) is 13.1 Å². The molecule has 0 aliphatic carbocycles. The van der Waals surface area contributed by atoms with Gasteiger partial charge < -0.3 is 29.4 Å². The molecule has 0 spiro atoms. The zero-order valence-corrected chi connectivity index (χ0v) is 17.1. The maximum absolute atomic E-state index is 11.9. The monoisotopic (exact) mass is 494 g/mol. The van der Waals surface area contributed by atoms with Crippen LogP contribution in [-0.4, -0.2) is 53.0 Å². The lowest BCUT2D eigenvalue weighted by molar-refractivity contribution is -0.0450. The number of phosphoric acid groups is 3. The fourth-order valence-electron chi connectivity index (χ4n) is 2.31. The van der Waals surface area contributed by atoms with Gasteiger partial charge in [-0.25, -0.2) is 18.5 Å².